The van der Waals surface area contributed by atoms with Crippen LogP contribution in [0.5, 0.6) is 0 Å². The molecule has 99 valence electrons. The van der Waals surface area contributed by atoms with Crippen molar-refractivity contribution in [3.05, 3.63) is 18.6 Å². The van der Waals surface area contributed by atoms with Gasteiger partial charge in [-0.25, -0.2) is 4.79 Å². The number of esters is 1. The summed E-state index contributed by atoms with van der Waals surface area (Å²) in [6, 6.07) is 0. The van der Waals surface area contributed by atoms with E-state index in [1.165, 1.54) is 0 Å². The molecular weight excluding hydrogens is 218 g/mol. The van der Waals surface area contributed by atoms with Crippen molar-refractivity contribution < 1.29 is 18.8 Å². The number of carbonyl (C=O) groups excluding carboxylic acids is 1. The average Bonchev–Trinajstić information content (AvgIpc) is 2.19. The van der Waals surface area contributed by atoms with E-state index in [0.29, 0.717) is 25.4 Å². The summed E-state index contributed by atoms with van der Waals surface area (Å²) in [5.74, 6) is -0.356. The minimum absolute atomic E-state index is 0.293. The number of hydrogen-bond acceptors (Lipinski definition) is 3. The van der Waals surface area contributed by atoms with Crippen molar-refractivity contribution in [1.82, 2.24) is 0 Å². The first-order valence-electron chi connectivity index (χ1n) is 5.85. The van der Waals surface area contributed by atoms with Gasteiger partial charge >= 0.3 is 5.97 Å². The van der Waals surface area contributed by atoms with E-state index in [2.05, 4.69) is 34.1 Å². The van der Waals surface area contributed by atoms with Crippen LogP contribution in [0.2, 0.25) is 0 Å². The van der Waals surface area contributed by atoms with Gasteiger partial charge in [0.1, 0.15) is 6.61 Å². The SMILES string of the molecule is C=C(C)C(=O)OCCOCC[CH]C[N+](C)(C)C. The third-order valence-corrected chi connectivity index (χ3v) is 1.95. The second-order valence-corrected chi connectivity index (χ2v) is 5.08. The van der Waals surface area contributed by atoms with Crippen LogP contribution < -0.4 is 0 Å². The van der Waals surface area contributed by atoms with E-state index in [0.717, 1.165) is 17.4 Å². The van der Waals surface area contributed by atoms with E-state index < -0.39 is 0 Å². The summed E-state index contributed by atoms with van der Waals surface area (Å²) in [6.07, 6.45) is 3.13. The third kappa shape index (κ3) is 11.4. The standard InChI is InChI=1S/C13H25NO3/c1-12(2)13(15)17-11-10-16-9-7-6-8-14(3,4)5/h6H,1,7-11H2,2-5H3/q+1. The molecule has 0 N–H and O–H groups in total. The van der Waals surface area contributed by atoms with Gasteiger partial charge in [-0.15, -0.1) is 0 Å². The van der Waals surface area contributed by atoms with Crippen LogP contribution in [-0.4, -0.2) is 58.0 Å². The molecule has 4 nitrogen and oxygen atoms in total. The predicted molar refractivity (Wildman–Crippen MR) is 68.4 cm³/mol. The summed E-state index contributed by atoms with van der Waals surface area (Å²) in [4.78, 5) is 11.0. The first kappa shape index (κ1) is 16.1. The molecule has 0 aliphatic rings. The van der Waals surface area contributed by atoms with Gasteiger partial charge in [0, 0.05) is 18.6 Å². The van der Waals surface area contributed by atoms with Gasteiger partial charge < -0.3 is 14.0 Å². The van der Waals surface area contributed by atoms with Crippen molar-refractivity contribution in [3.8, 4) is 0 Å². The average molecular weight is 243 g/mol. The van der Waals surface area contributed by atoms with Crippen LogP contribution in [0.15, 0.2) is 12.2 Å². The first-order chi connectivity index (χ1) is 7.83. The van der Waals surface area contributed by atoms with E-state index in [1.807, 2.05) is 0 Å². The molecule has 0 unspecified atom stereocenters. The maximum absolute atomic E-state index is 11.0. The maximum atomic E-state index is 11.0. The topological polar surface area (TPSA) is 35.5 Å². The molecule has 0 bridgehead atoms. The lowest BCUT2D eigenvalue weighted by molar-refractivity contribution is -0.866. The van der Waals surface area contributed by atoms with Gasteiger partial charge in [-0.1, -0.05) is 6.58 Å². The number of hydrogen-bond donors (Lipinski definition) is 0. The molecule has 0 saturated heterocycles. The first-order valence-corrected chi connectivity index (χ1v) is 5.85. The summed E-state index contributed by atoms with van der Waals surface area (Å²) in [5, 5.41) is 0. The van der Waals surface area contributed by atoms with Gasteiger partial charge in [-0.2, -0.15) is 0 Å². The van der Waals surface area contributed by atoms with Crippen LogP contribution in [0.3, 0.4) is 0 Å². The number of carbonyl (C=O) groups is 1. The Kier molecular flexibility index (Phi) is 7.83. The van der Waals surface area contributed by atoms with Gasteiger partial charge in [0.2, 0.25) is 0 Å². The number of unbranched alkanes of at least 4 members (excludes halogenated alkanes) is 1. The number of ether oxygens (including phenoxy) is 2. The molecule has 1 radical (unpaired) electrons. The number of rotatable bonds is 9. The quantitative estimate of drug-likeness (QED) is 0.266. The second-order valence-electron chi connectivity index (χ2n) is 5.08. The predicted octanol–water partition coefficient (Wildman–Crippen LogP) is 1.42. The summed E-state index contributed by atoms with van der Waals surface area (Å²) in [5.41, 5.74) is 0.418. The second kappa shape index (κ2) is 8.25. The van der Waals surface area contributed by atoms with Gasteiger partial charge in [-0.3, -0.25) is 0 Å². The maximum Gasteiger partial charge on any atom is 0.333 e. The van der Waals surface area contributed by atoms with Crippen LogP contribution >= 0.6 is 0 Å². The molecule has 0 heterocycles. The Morgan fingerprint density at radius 3 is 2.41 bits per heavy atom. The smallest absolute Gasteiger partial charge is 0.333 e. The zero-order chi connectivity index (χ0) is 13.3. The van der Waals surface area contributed by atoms with Crippen LogP contribution in [-0.2, 0) is 14.3 Å². The lowest BCUT2D eigenvalue weighted by Crippen LogP contribution is -2.35. The lowest BCUT2D eigenvalue weighted by atomic mass is 10.3. The largest absolute Gasteiger partial charge is 0.460 e. The van der Waals surface area contributed by atoms with E-state index in [9.17, 15) is 4.79 Å². The molecule has 0 aromatic carbocycles. The highest BCUT2D eigenvalue weighted by molar-refractivity contribution is 5.86. The Morgan fingerprint density at radius 2 is 1.88 bits per heavy atom. The molecule has 0 saturated carbocycles. The van der Waals surface area contributed by atoms with Gasteiger partial charge in [-0.05, 0) is 13.3 Å². The molecule has 0 fully saturated rings. The third-order valence-electron chi connectivity index (χ3n) is 1.95. The molecule has 0 atom stereocenters. The van der Waals surface area contributed by atoms with Crippen molar-refractivity contribution in [2.45, 2.75) is 13.3 Å². The summed E-state index contributed by atoms with van der Waals surface area (Å²) in [7, 11) is 6.44. The Bertz CT molecular complexity index is 244. The lowest BCUT2D eigenvalue weighted by Gasteiger charge is -2.23. The Labute approximate surface area is 105 Å². The van der Waals surface area contributed by atoms with Crippen molar-refractivity contribution in [3.63, 3.8) is 0 Å². The van der Waals surface area contributed by atoms with Crippen LogP contribution in [0.1, 0.15) is 13.3 Å². The fourth-order valence-electron chi connectivity index (χ4n) is 1.06. The summed E-state index contributed by atoms with van der Waals surface area (Å²) in [6.45, 7) is 7.55. The number of nitrogens with zero attached hydrogens (tertiary/aromatic N) is 1. The van der Waals surface area contributed by atoms with Crippen molar-refractivity contribution in [2.24, 2.45) is 0 Å². The molecule has 0 rings (SSSR count). The van der Waals surface area contributed by atoms with E-state index >= 15 is 0 Å². The molecule has 0 amide bonds. The summed E-state index contributed by atoms with van der Waals surface area (Å²) < 4.78 is 11.1. The summed E-state index contributed by atoms with van der Waals surface area (Å²) >= 11 is 0. The highest BCUT2D eigenvalue weighted by Gasteiger charge is 2.05. The fourth-order valence-corrected chi connectivity index (χ4v) is 1.06. The van der Waals surface area contributed by atoms with Crippen LogP contribution in [0.4, 0.5) is 0 Å². The van der Waals surface area contributed by atoms with Gasteiger partial charge in [0.05, 0.1) is 34.3 Å². The van der Waals surface area contributed by atoms with Crippen molar-refractivity contribution >= 4 is 5.97 Å². The highest BCUT2D eigenvalue weighted by Crippen LogP contribution is 1.97. The molecule has 4 heteroatoms. The molecule has 0 aromatic heterocycles. The molecule has 0 aliphatic carbocycles. The van der Waals surface area contributed by atoms with E-state index in [4.69, 9.17) is 9.47 Å². The van der Waals surface area contributed by atoms with Gasteiger partial charge in [0.15, 0.2) is 0 Å². The molecule has 0 aromatic rings. The van der Waals surface area contributed by atoms with Crippen LogP contribution in [0, 0.1) is 6.42 Å². The van der Waals surface area contributed by atoms with Crippen LogP contribution in [0.25, 0.3) is 0 Å². The fraction of sp³-hybridized carbons (Fsp3) is 0.692. The Balaban J connectivity index is 3.25. The van der Waals surface area contributed by atoms with E-state index in [-0.39, 0.29) is 5.97 Å². The van der Waals surface area contributed by atoms with Crippen molar-refractivity contribution in [2.75, 3.05) is 47.5 Å². The molecular formula is C13H25NO3+. The normalized spacial score (nSPS) is 11.3. The van der Waals surface area contributed by atoms with E-state index in [1.54, 1.807) is 6.92 Å². The molecule has 0 aliphatic heterocycles. The Morgan fingerprint density at radius 1 is 1.24 bits per heavy atom. The highest BCUT2D eigenvalue weighted by atomic mass is 16.6. The minimum atomic E-state index is -0.356. The minimum Gasteiger partial charge on any atom is -0.460 e. The van der Waals surface area contributed by atoms with Crippen molar-refractivity contribution in [1.29, 1.82) is 0 Å². The van der Waals surface area contributed by atoms with Gasteiger partial charge in [0.25, 0.3) is 0 Å². The molecule has 17 heavy (non-hydrogen) atoms. The zero-order valence-corrected chi connectivity index (χ0v) is 11.5. The monoisotopic (exact) mass is 243 g/mol. The number of quaternary nitrogens is 1. The molecule has 0 spiro atoms. The Hall–Kier alpha value is -0.870. The zero-order valence-electron chi connectivity index (χ0n) is 11.5.